The molecule has 0 aliphatic heterocycles. The van der Waals surface area contributed by atoms with Crippen LogP contribution in [-0.2, 0) is 4.79 Å². The van der Waals surface area contributed by atoms with Crippen molar-refractivity contribution in [3.05, 3.63) is 52.2 Å². The van der Waals surface area contributed by atoms with Crippen LogP contribution in [0.3, 0.4) is 0 Å². The molecule has 2 aromatic rings. The van der Waals surface area contributed by atoms with Gasteiger partial charge in [0.15, 0.2) is 0 Å². The first kappa shape index (κ1) is 13.4. The summed E-state index contributed by atoms with van der Waals surface area (Å²) in [5.74, 6) is 0.480. The minimum Gasteiger partial charge on any atom is -0.495 e. The van der Waals surface area contributed by atoms with Gasteiger partial charge in [0.05, 0.1) is 12.8 Å². The molecule has 0 fully saturated rings. The van der Waals surface area contributed by atoms with Gasteiger partial charge in [-0.05, 0) is 42.1 Å². The highest BCUT2D eigenvalue weighted by atomic mass is 32.1. The molecule has 0 aliphatic carbocycles. The molecule has 0 atom stereocenters. The SMILES string of the molecule is COc1ccccc1NC(=O)/C=C/c1sccc1C. The summed E-state index contributed by atoms with van der Waals surface area (Å²) in [5, 5.41) is 4.80. The van der Waals surface area contributed by atoms with Crippen molar-refractivity contribution in [3.8, 4) is 5.75 Å². The number of amides is 1. The van der Waals surface area contributed by atoms with Crippen molar-refractivity contribution in [2.45, 2.75) is 6.92 Å². The topological polar surface area (TPSA) is 38.3 Å². The molecule has 0 bridgehead atoms. The van der Waals surface area contributed by atoms with E-state index in [1.165, 1.54) is 11.6 Å². The molecule has 1 aromatic heterocycles. The predicted molar refractivity (Wildman–Crippen MR) is 79.7 cm³/mol. The second-order valence-corrected chi connectivity index (χ2v) is 4.94. The van der Waals surface area contributed by atoms with Crippen molar-refractivity contribution < 1.29 is 9.53 Å². The van der Waals surface area contributed by atoms with Crippen molar-refractivity contribution >= 4 is 29.0 Å². The Balaban J connectivity index is 2.06. The minimum atomic E-state index is -0.169. The van der Waals surface area contributed by atoms with Crippen LogP contribution in [0.2, 0.25) is 0 Å². The van der Waals surface area contributed by atoms with Crippen LogP contribution in [0.15, 0.2) is 41.8 Å². The Kier molecular flexibility index (Phi) is 4.36. The smallest absolute Gasteiger partial charge is 0.248 e. The van der Waals surface area contributed by atoms with Gasteiger partial charge in [0.2, 0.25) is 5.91 Å². The third-order valence-corrected chi connectivity index (χ3v) is 3.64. The number of methoxy groups -OCH3 is 1. The number of hydrogen-bond donors (Lipinski definition) is 1. The lowest BCUT2D eigenvalue weighted by Crippen LogP contribution is -2.08. The van der Waals surface area contributed by atoms with Crippen molar-refractivity contribution in [2.75, 3.05) is 12.4 Å². The summed E-state index contributed by atoms with van der Waals surface area (Å²) in [4.78, 5) is 12.9. The highest BCUT2D eigenvalue weighted by molar-refractivity contribution is 7.11. The van der Waals surface area contributed by atoms with Gasteiger partial charge in [-0.15, -0.1) is 11.3 Å². The quantitative estimate of drug-likeness (QED) is 0.862. The number of carbonyl (C=O) groups excluding carboxylic acids is 1. The van der Waals surface area contributed by atoms with Crippen LogP contribution in [0.5, 0.6) is 5.75 Å². The Hall–Kier alpha value is -2.07. The number of benzene rings is 1. The maximum atomic E-state index is 11.8. The third-order valence-electron chi connectivity index (χ3n) is 2.65. The first-order valence-electron chi connectivity index (χ1n) is 5.87. The summed E-state index contributed by atoms with van der Waals surface area (Å²) in [6, 6.07) is 9.36. The summed E-state index contributed by atoms with van der Waals surface area (Å²) in [6.45, 7) is 2.02. The van der Waals surface area contributed by atoms with E-state index in [9.17, 15) is 4.79 Å². The number of carbonyl (C=O) groups is 1. The average Bonchev–Trinajstić information content (AvgIpc) is 2.82. The van der Waals surface area contributed by atoms with E-state index in [2.05, 4.69) is 5.32 Å². The molecule has 1 amide bonds. The summed E-state index contributed by atoms with van der Waals surface area (Å²) in [6.07, 6.45) is 3.36. The van der Waals surface area contributed by atoms with Gasteiger partial charge >= 0.3 is 0 Å². The number of anilines is 1. The fraction of sp³-hybridized carbons (Fsp3) is 0.133. The third kappa shape index (κ3) is 3.45. The molecular weight excluding hydrogens is 258 g/mol. The molecule has 0 unspecified atom stereocenters. The summed E-state index contributed by atoms with van der Waals surface area (Å²) >= 11 is 1.61. The van der Waals surface area contributed by atoms with Crippen molar-refractivity contribution in [1.82, 2.24) is 0 Å². The molecule has 0 saturated carbocycles. The fourth-order valence-electron chi connectivity index (χ4n) is 1.63. The Labute approximate surface area is 116 Å². The van der Waals surface area contributed by atoms with Gasteiger partial charge in [0.1, 0.15) is 5.75 Å². The molecule has 1 heterocycles. The van der Waals surface area contributed by atoms with Gasteiger partial charge in [-0.2, -0.15) is 0 Å². The van der Waals surface area contributed by atoms with Gasteiger partial charge in [0.25, 0.3) is 0 Å². The van der Waals surface area contributed by atoms with E-state index in [0.29, 0.717) is 11.4 Å². The summed E-state index contributed by atoms with van der Waals surface area (Å²) in [5.41, 5.74) is 1.84. The van der Waals surface area contributed by atoms with Crippen LogP contribution >= 0.6 is 11.3 Å². The number of thiophene rings is 1. The summed E-state index contributed by atoms with van der Waals surface area (Å²) < 4.78 is 5.18. The minimum absolute atomic E-state index is 0.169. The van der Waals surface area contributed by atoms with Crippen LogP contribution in [0, 0.1) is 6.92 Å². The monoisotopic (exact) mass is 273 g/mol. The van der Waals surface area contributed by atoms with Crippen molar-refractivity contribution in [1.29, 1.82) is 0 Å². The largest absolute Gasteiger partial charge is 0.495 e. The number of ether oxygens (including phenoxy) is 1. The normalized spacial score (nSPS) is 10.6. The summed E-state index contributed by atoms with van der Waals surface area (Å²) in [7, 11) is 1.58. The lowest BCUT2D eigenvalue weighted by atomic mass is 10.2. The van der Waals surface area contributed by atoms with E-state index in [1.54, 1.807) is 24.5 Å². The first-order chi connectivity index (χ1) is 9.20. The molecular formula is C15H15NO2S. The van der Waals surface area contributed by atoms with Crippen molar-refractivity contribution in [3.63, 3.8) is 0 Å². The second kappa shape index (κ2) is 6.20. The lowest BCUT2D eigenvalue weighted by Gasteiger charge is -2.07. The molecule has 1 N–H and O–H groups in total. The van der Waals surface area contributed by atoms with E-state index >= 15 is 0 Å². The van der Waals surface area contributed by atoms with Crippen LogP contribution in [0.25, 0.3) is 6.08 Å². The molecule has 19 heavy (non-hydrogen) atoms. The van der Waals surface area contributed by atoms with Gasteiger partial charge in [0, 0.05) is 11.0 Å². The Morgan fingerprint density at radius 3 is 2.79 bits per heavy atom. The van der Waals surface area contributed by atoms with Crippen LogP contribution < -0.4 is 10.1 Å². The van der Waals surface area contributed by atoms with E-state index in [-0.39, 0.29) is 5.91 Å². The molecule has 0 radical (unpaired) electrons. The van der Waals surface area contributed by atoms with Gasteiger partial charge in [-0.1, -0.05) is 12.1 Å². The van der Waals surface area contributed by atoms with E-state index in [1.807, 2.05) is 42.6 Å². The Bertz CT molecular complexity index is 602. The Morgan fingerprint density at radius 2 is 2.11 bits per heavy atom. The van der Waals surface area contributed by atoms with Gasteiger partial charge in [-0.25, -0.2) is 0 Å². The Morgan fingerprint density at radius 1 is 1.32 bits per heavy atom. The number of nitrogens with one attached hydrogen (secondary N) is 1. The molecule has 0 saturated heterocycles. The highest BCUT2D eigenvalue weighted by Crippen LogP contribution is 2.23. The fourth-order valence-corrected chi connectivity index (χ4v) is 2.45. The van der Waals surface area contributed by atoms with Crippen LogP contribution in [0.1, 0.15) is 10.4 Å². The highest BCUT2D eigenvalue weighted by Gasteiger charge is 2.04. The lowest BCUT2D eigenvalue weighted by molar-refractivity contribution is -0.111. The molecule has 0 aliphatic rings. The molecule has 0 spiro atoms. The zero-order valence-electron chi connectivity index (χ0n) is 10.8. The second-order valence-electron chi connectivity index (χ2n) is 3.99. The molecule has 4 heteroatoms. The zero-order valence-corrected chi connectivity index (χ0v) is 11.7. The zero-order chi connectivity index (χ0) is 13.7. The standard InChI is InChI=1S/C15H15NO2S/c1-11-9-10-19-14(11)7-8-15(17)16-12-5-3-4-6-13(12)18-2/h3-10H,1-2H3,(H,16,17)/b8-7+. The van der Waals surface area contributed by atoms with Gasteiger partial charge in [-0.3, -0.25) is 4.79 Å². The van der Waals surface area contributed by atoms with Crippen LogP contribution in [-0.4, -0.2) is 13.0 Å². The van der Waals surface area contributed by atoms with E-state index < -0.39 is 0 Å². The van der Waals surface area contributed by atoms with E-state index in [0.717, 1.165) is 4.88 Å². The first-order valence-corrected chi connectivity index (χ1v) is 6.75. The molecule has 3 nitrogen and oxygen atoms in total. The van der Waals surface area contributed by atoms with Gasteiger partial charge < -0.3 is 10.1 Å². The van der Waals surface area contributed by atoms with Crippen LogP contribution in [0.4, 0.5) is 5.69 Å². The molecule has 2 rings (SSSR count). The number of para-hydroxylation sites is 2. The molecule has 1 aromatic carbocycles. The maximum Gasteiger partial charge on any atom is 0.248 e. The number of rotatable bonds is 4. The van der Waals surface area contributed by atoms with E-state index in [4.69, 9.17) is 4.74 Å². The maximum absolute atomic E-state index is 11.8. The predicted octanol–water partition coefficient (Wildman–Crippen LogP) is 3.72. The average molecular weight is 273 g/mol. The number of aryl methyl sites for hydroxylation is 1. The molecule has 98 valence electrons. The van der Waals surface area contributed by atoms with Crippen molar-refractivity contribution in [2.24, 2.45) is 0 Å². The number of hydrogen-bond acceptors (Lipinski definition) is 3.